The lowest BCUT2D eigenvalue weighted by Gasteiger charge is -2.22. The molecule has 1 N–H and O–H groups in total. The van der Waals surface area contributed by atoms with Crippen molar-refractivity contribution in [2.24, 2.45) is 0 Å². The van der Waals surface area contributed by atoms with E-state index in [1.54, 1.807) is 11.0 Å². The van der Waals surface area contributed by atoms with E-state index in [0.29, 0.717) is 11.3 Å². The molecule has 0 aromatic heterocycles. The molecule has 0 radical (unpaired) electrons. The Morgan fingerprint density at radius 2 is 2.00 bits per heavy atom. The molecule has 5 nitrogen and oxygen atoms in total. The molecule has 0 fully saturated rings. The van der Waals surface area contributed by atoms with Gasteiger partial charge in [0, 0.05) is 12.2 Å². The van der Waals surface area contributed by atoms with E-state index in [1.807, 2.05) is 40.0 Å². The van der Waals surface area contributed by atoms with Crippen LogP contribution < -0.4 is 5.32 Å². The lowest BCUT2D eigenvalue weighted by molar-refractivity contribution is 0.0795. The lowest BCUT2D eigenvalue weighted by atomic mass is 10.0. The van der Waals surface area contributed by atoms with Crippen LogP contribution in [0.5, 0.6) is 0 Å². The number of carbonyl (C=O) groups excluding carboxylic acids is 2. The van der Waals surface area contributed by atoms with Crippen LogP contribution in [0.2, 0.25) is 0 Å². The van der Waals surface area contributed by atoms with Crippen molar-refractivity contribution in [3.8, 4) is 0 Å². The minimum Gasteiger partial charge on any atom is -0.445 e. The summed E-state index contributed by atoms with van der Waals surface area (Å²) in [6.45, 7) is 11.5. The Balaban J connectivity index is 2.34. The van der Waals surface area contributed by atoms with Crippen LogP contribution in [0, 0.1) is 13.8 Å². The van der Waals surface area contributed by atoms with Crippen molar-refractivity contribution < 1.29 is 14.3 Å². The highest BCUT2D eigenvalue weighted by Gasteiger charge is 2.27. The van der Waals surface area contributed by atoms with Crippen LogP contribution in [0.15, 0.2) is 36.6 Å². The van der Waals surface area contributed by atoms with Crippen molar-refractivity contribution >= 4 is 17.7 Å². The first kappa shape index (κ1) is 17.8. The van der Waals surface area contributed by atoms with Gasteiger partial charge in [-0.25, -0.2) is 4.79 Å². The molecule has 1 heterocycles. The molecule has 1 aromatic rings. The molecule has 0 unspecified atom stereocenters. The van der Waals surface area contributed by atoms with E-state index in [9.17, 15) is 9.59 Å². The number of aryl methyl sites for hydroxylation is 2. The zero-order valence-corrected chi connectivity index (χ0v) is 14.7. The van der Waals surface area contributed by atoms with E-state index in [0.717, 1.165) is 17.5 Å². The third-order valence-electron chi connectivity index (χ3n) is 4.12. The number of nitrogens with zero attached hydrogens (tertiary/aromatic N) is 1. The zero-order chi connectivity index (χ0) is 17.9. The van der Waals surface area contributed by atoms with E-state index in [2.05, 4.69) is 11.9 Å². The summed E-state index contributed by atoms with van der Waals surface area (Å²) in [4.78, 5) is 26.5. The van der Waals surface area contributed by atoms with Gasteiger partial charge in [-0.3, -0.25) is 10.1 Å². The van der Waals surface area contributed by atoms with Gasteiger partial charge in [-0.15, -0.1) is 0 Å². The van der Waals surface area contributed by atoms with E-state index < -0.39 is 6.09 Å². The van der Waals surface area contributed by atoms with Crippen LogP contribution in [-0.2, 0) is 4.74 Å². The molecule has 0 bridgehead atoms. The monoisotopic (exact) mass is 328 g/mol. The first-order valence-electron chi connectivity index (χ1n) is 7.99. The topological polar surface area (TPSA) is 58.6 Å². The molecule has 0 spiro atoms. The summed E-state index contributed by atoms with van der Waals surface area (Å²) >= 11 is 0. The molecule has 0 saturated carbocycles. The van der Waals surface area contributed by atoms with Crippen molar-refractivity contribution in [2.45, 2.75) is 40.2 Å². The molecule has 2 rings (SSSR count). The maximum atomic E-state index is 13.0. The number of carbonyl (C=O) groups is 2. The summed E-state index contributed by atoms with van der Waals surface area (Å²) in [5, 5.41) is 2.67. The van der Waals surface area contributed by atoms with Gasteiger partial charge in [-0.05, 0) is 57.4 Å². The number of amides is 2. The molecule has 2 amide bonds. The zero-order valence-electron chi connectivity index (χ0n) is 14.7. The Bertz CT molecular complexity index is 707. The summed E-state index contributed by atoms with van der Waals surface area (Å²) in [6.07, 6.45) is 3.63. The number of anilines is 1. The van der Waals surface area contributed by atoms with Gasteiger partial charge in [-0.2, -0.15) is 0 Å². The van der Waals surface area contributed by atoms with Crippen LogP contribution in [0.4, 0.5) is 10.5 Å². The quantitative estimate of drug-likeness (QED) is 0.844. The first-order valence-corrected chi connectivity index (χ1v) is 7.99. The fourth-order valence-electron chi connectivity index (χ4n) is 2.76. The van der Waals surface area contributed by atoms with Crippen LogP contribution in [0.25, 0.3) is 0 Å². The van der Waals surface area contributed by atoms with Gasteiger partial charge >= 0.3 is 6.09 Å². The van der Waals surface area contributed by atoms with Crippen molar-refractivity contribution in [1.29, 1.82) is 0 Å². The smallest absolute Gasteiger partial charge is 0.411 e. The van der Waals surface area contributed by atoms with Crippen LogP contribution >= 0.6 is 0 Å². The summed E-state index contributed by atoms with van der Waals surface area (Å²) in [7, 11) is 0. The fraction of sp³-hybridized carbons (Fsp3) is 0.368. The Kier molecular flexibility index (Phi) is 5.44. The van der Waals surface area contributed by atoms with Crippen molar-refractivity contribution in [3.63, 3.8) is 0 Å². The standard InChI is InChI=1S/C19H24N2O3/c1-6-7-24-19(23)20-17-10-14(4)13(3)9-16(17)18(22)21-11-12(2)8-15(21)5/h6,9-11,15H,1,7-8H2,2-5H3,(H,20,23)/t15-/m1/s1. The molecule has 24 heavy (non-hydrogen) atoms. The SMILES string of the molecule is C=CCOC(=O)Nc1cc(C)c(C)cc1C(=O)N1C=C(C)C[C@H]1C. The lowest BCUT2D eigenvalue weighted by Crippen LogP contribution is -2.31. The number of rotatable bonds is 4. The largest absolute Gasteiger partial charge is 0.445 e. The molecule has 0 aliphatic carbocycles. The maximum Gasteiger partial charge on any atom is 0.411 e. The Hall–Kier alpha value is -2.56. The normalized spacial score (nSPS) is 16.6. The molecule has 5 heteroatoms. The maximum absolute atomic E-state index is 13.0. The second-order valence-corrected chi connectivity index (χ2v) is 6.24. The van der Waals surface area contributed by atoms with Crippen molar-refractivity contribution in [3.05, 3.63) is 53.3 Å². The summed E-state index contributed by atoms with van der Waals surface area (Å²) < 4.78 is 4.96. The highest BCUT2D eigenvalue weighted by molar-refractivity contribution is 6.03. The summed E-state index contributed by atoms with van der Waals surface area (Å²) in [5.41, 5.74) is 4.08. The average molecular weight is 328 g/mol. The van der Waals surface area contributed by atoms with Gasteiger partial charge in [0.2, 0.25) is 0 Å². The molecule has 1 aliphatic heterocycles. The molecular formula is C19H24N2O3. The van der Waals surface area contributed by atoms with Crippen molar-refractivity contribution in [2.75, 3.05) is 11.9 Å². The number of hydrogen-bond donors (Lipinski definition) is 1. The van der Waals surface area contributed by atoms with Gasteiger partial charge in [0.1, 0.15) is 6.61 Å². The molecular weight excluding hydrogens is 304 g/mol. The second-order valence-electron chi connectivity index (χ2n) is 6.24. The number of benzene rings is 1. The van der Waals surface area contributed by atoms with Gasteiger partial charge < -0.3 is 9.64 Å². The van der Waals surface area contributed by atoms with E-state index in [4.69, 9.17) is 4.74 Å². The van der Waals surface area contributed by atoms with Gasteiger partial charge in [-0.1, -0.05) is 18.2 Å². The fourth-order valence-corrected chi connectivity index (χ4v) is 2.76. The van der Waals surface area contributed by atoms with Crippen LogP contribution in [0.3, 0.4) is 0 Å². The van der Waals surface area contributed by atoms with E-state index in [1.165, 1.54) is 11.6 Å². The van der Waals surface area contributed by atoms with Crippen molar-refractivity contribution in [1.82, 2.24) is 4.90 Å². The van der Waals surface area contributed by atoms with Crippen LogP contribution in [-0.4, -0.2) is 29.5 Å². The third-order valence-corrected chi connectivity index (χ3v) is 4.12. The van der Waals surface area contributed by atoms with E-state index >= 15 is 0 Å². The van der Waals surface area contributed by atoms with E-state index in [-0.39, 0.29) is 18.6 Å². The number of nitrogens with one attached hydrogen (secondary N) is 1. The Morgan fingerprint density at radius 1 is 1.33 bits per heavy atom. The molecule has 128 valence electrons. The third kappa shape index (κ3) is 3.85. The Labute approximate surface area is 143 Å². The highest BCUT2D eigenvalue weighted by Crippen LogP contribution is 2.28. The van der Waals surface area contributed by atoms with Gasteiger partial charge in [0.05, 0.1) is 11.3 Å². The second kappa shape index (κ2) is 7.34. The average Bonchev–Trinajstić information content (AvgIpc) is 2.86. The predicted octanol–water partition coefficient (Wildman–Crippen LogP) is 4.18. The summed E-state index contributed by atoms with van der Waals surface area (Å²) in [5.74, 6) is -0.124. The predicted molar refractivity (Wildman–Crippen MR) is 95.1 cm³/mol. The van der Waals surface area contributed by atoms with Gasteiger partial charge in [0.15, 0.2) is 0 Å². The van der Waals surface area contributed by atoms with Gasteiger partial charge in [0.25, 0.3) is 5.91 Å². The molecule has 1 aliphatic rings. The molecule has 1 aromatic carbocycles. The van der Waals surface area contributed by atoms with Crippen LogP contribution in [0.1, 0.15) is 41.8 Å². The first-order chi connectivity index (χ1) is 11.3. The minimum absolute atomic E-state index is 0.111. The highest BCUT2D eigenvalue weighted by atomic mass is 16.5. The molecule has 0 saturated heterocycles. The number of hydrogen-bond acceptors (Lipinski definition) is 3. The Morgan fingerprint density at radius 3 is 2.58 bits per heavy atom. The number of ether oxygens (including phenoxy) is 1. The summed E-state index contributed by atoms with van der Waals surface area (Å²) in [6, 6.07) is 3.73. The molecule has 1 atom stereocenters. The minimum atomic E-state index is -0.603.